The van der Waals surface area contributed by atoms with Crippen LogP contribution in [0.4, 0.5) is 4.39 Å². The van der Waals surface area contributed by atoms with Crippen molar-refractivity contribution in [2.75, 3.05) is 33.3 Å². The zero-order valence-electron chi connectivity index (χ0n) is 18.8. The summed E-state index contributed by atoms with van der Waals surface area (Å²) in [5.41, 5.74) is 2.20. The Morgan fingerprint density at radius 3 is 2.47 bits per heavy atom. The van der Waals surface area contributed by atoms with Gasteiger partial charge in [0.2, 0.25) is 0 Å². The number of piperazine rings is 1. The lowest BCUT2D eigenvalue weighted by molar-refractivity contribution is 0.0816. The van der Waals surface area contributed by atoms with Crippen LogP contribution in [0.25, 0.3) is 0 Å². The smallest absolute Gasteiger partial charge is 0.168 e. The Morgan fingerprint density at radius 1 is 1.00 bits per heavy atom. The summed E-state index contributed by atoms with van der Waals surface area (Å²) in [5.74, 6) is 1.59. The highest BCUT2D eigenvalue weighted by Gasteiger charge is 2.28. The van der Waals surface area contributed by atoms with Crippen molar-refractivity contribution in [1.82, 2.24) is 30.0 Å². The van der Waals surface area contributed by atoms with Crippen molar-refractivity contribution in [3.8, 4) is 5.75 Å². The van der Waals surface area contributed by atoms with E-state index >= 15 is 0 Å². The maximum Gasteiger partial charge on any atom is 0.168 e. The van der Waals surface area contributed by atoms with Gasteiger partial charge in [-0.25, -0.2) is 9.07 Å². The van der Waals surface area contributed by atoms with Gasteiger partial charge in [-0.3, -0.25) is 9.80 Å². The minimum atomic E-state index is -0.236. The predicted molar refractivity (Wildman–Crippen MR) is 121 cm³/mol. The molecule has 0 unspecified atom stereocenters. The van der Waals surface area contributed by atoms with Crippen LogP contribution in [0.2, 0.25) is 0 Å². The molecular weight excluding hydrogens is 407 g/mol. The van der Waals surface area contributed by atoms with E-state index in [9.17, 15) is 4.39 Å². The molecule has 0 spiro atoms. The molecule has 1 aromatic heterocycles. The lowest BCUT2D eigenvalue weighted by Crippen LogP contribution is -2.47. The molecule has 170 valence electrons. The first-order valence-electron chi connectivity index (χ1n) is 11.3. The van der Waals surface area contributed by atoms with Gasteiger partial charge in [0, 0.05) is 38.3 Å². The van der Waals surface area contributed by atoms with Crippen molar-refractivity contribution < 1.29 is 9.13 Å². The van der Waals surface area contributed by atoms with Crippen molar-refractivity contribution in [3.63, 3.8) is 0 Å². The van der Waals surface area contributed by atoms with Crippen LogP contribution < -0.4 is 4.74 Å². The van der Waals surface area contributed by atoms with Gasteiger partial charge in [-0.05, 0) is 40.6 Å². The van der Waals surface area contributed by atoms with E-state index in [2.05, 4.69) is 44.4 Å². The molecular formula is C24H31FN6O. The first kappa shape index (κ1) is 22.4. The van der Waals surface area contributed by atoms with Crippen LogP contribution >= 0.6 is 0 Å². The Hall–Kier alpha value is -2.84. The molecule has 1 aliphatic heterocycles. The summed E-state index contributed by atoms with van der Waals surface area (Å²) in [6.07, 6.45) is 2.05. The Morgan fingerprint density at radius 2 is 1.75 bits per heavy atom. The fraction of sp³-hybridized carbons (Fsp3) is 0.458. The van der Waals surface area contributed by atoms with Crippen LogP contribution in [-0.4, -0.2) is 63.3 Å². The van der Waals surface area contributed by atoms with Crippen molar-refractivity contribution in [1.29, 1.82) is 0 Å². The molecule has 1 fully saturated rings. The van der Waals surface area contributed by atoms with Gasteiger partial charge >= 0.3 is 0 Å². The van der Waals surface area contributed by atoms with Gasteiger partial charge in [-0.1, -0.05) is 43.7 Å². The van der Waals surface area contributed by atoms with Crippen molar-refractivity contribution in [2.45, 2.75) is 38.9 Å². The van der Waals surface area contributed by atoms with Gasteiger partial charge in [0.15, 0.2) is 5.82 Å². The van der Waals surface area contributed by atoms with E-state index in [4.69, 9.17) is 4.74 Å². The number of methoxy groups -OCH3 is 1. The third kappa shape index (κ3) is 5.31. The van der Waals surface area contributed by atoms with Gasteiger partial charge in [0.25, 0.3) is 0 Å². The molecule has 7 nitrogen and oxygen atoms in total. The monoisotopic (exact) mass is 438 g/mol. The number of aromatic nitrogens is 4. The Bertz CT molecular complexity index is 984. The second-order valence-corrected chi connectivity index (χ2v) is 8.25. The fourth-order valence-corrected chi connectivity index (χ4v) is 4.38. The van der Waals surface area contributed by atoms with E-state index in [-0.39, 0.29) is 11.9 Å². The predicted octanol–water partition coefficient (Wildman–Crippen LogP) is 3.53. The quantitative estimate of drug-likeness (QED) is 0.509. The molecule has 2 heterocycles. The van der Waals surface area contributed by atoms with Crippen LogP contribution in [-0.2, 0) is 13.1 Å². The molecule has 2 aromatic carbocycles. The molecule has 1 aliphatic rings. The van der Waals surface area contributed by atoms with Gasteiger partial charge in [0.1, 0.15) is 11.6 Å². The molecule has 3 aromatic rings. The molecule has 1 atom stereocenters. The number of benzene rings is 2. The third-order valence-electron chi connectivity index (χ3n) is 6.10. The van der Waals surface area contributed by atoms with Crippen LogP contribution in [0.5, 0.6) is 5.75 Å². The highest BCUT2D eigenvalue weighted by Crippen LogP contribution is 2.27. The van der Waals surface area contributed by atoms with Crippen LogP contribution in [0.15, 0.2) is 48.5 Å². The van der Waals surface area contributed by atoms with Crippen molar-refractivity contribution in [3.05, 3.63) is 71.3 Å². The summed E-state index contributed by atoms with van der Waals surface area (Å²) in [7, 11) is 1.72. The summed E-state index contributed by atoms with van der Waals surface area (Å²) in [6, 6.07) is 14.9. The lowest BCUT2D eigenvalue weighted by atomic mass is 10.1. The van der Waals surface area contributed by atoms with Gasteiger partial charge in [-0.15, -0.1) is 5.10 Å². The molecule has 0 radical (unpaired) electrons. The molecule has 0 amide bonds. The van der Waals surface area contributed by atoms with Crippen molar-refractivity contribution >= 4 is 0 Å². The average molecular weight is 439 g/mol. The number of halogens is 1. The summed E-state index contributed by atoms with van der Waals surface area (Å²) >= 11 is 0. The molecule has 1 saturated heterocycles. The van der Waals surface area contributed by atoms with Gasteiger partial charge < -0.3 is 4.74 Å². The second kappa shape index (κ2) is 10.7. The fourth-order valence-electron chi connectivity index (χ4n) is 4.38. The molecule has 0 saturated carbocycles. The average Bonchev–Trinajstić information content (AvgIpc) is 3.28. The third-order valence-corrected chi connectivity index (χ3v) is 6.10. The maximum absolute atomic E-state index is 13.3. The Labute approximate surface area is 188 Å². The van der Waals surface area contributed by atoms with E-state index in [1.165, 1.54) is 17.7 Å². The maximum atomic E-state index is 13.3. The van der Waals surface area contributed by atoms with Crippen LogP contribution in [0, 0.1) is 5.82 Å². The Balaban J connectivity index is 1.42. The first-order chi connectivity index (χ1) is 15.7. The standard InChI is InChI=1S/C24H31FN6O/c1-3-6-22(24-26-27-28-31(24)17-19-9-11-21(25)12-10-19)30-15-13-29(14-16-30)18-20-7-4-5-8-23(20)32-2/h4-5,7-12,22H,3,6,13-18H2,1-2H3/t22-/m0/s1. The summed E-state index contributed by atoms with van der Waals surface area (Å²) < 4.78 is 20.6. The zero-order valence-corrected chi connectivity index (χ0v) is 18.8. The molecule has 0 aliphatic carbocycles. The van der Waals surface area contributed by atoms with E-state index in [1.54, 1.807) is 19.2 Å². The number of tetrazole rings is 1. The normalized spacial score (nSPS) is 16.2. The molecule has 8 heteroatoms. The number of para-hydroxylation sites is 1. The topological polar surface area (TPSA) is 59.3 Å². The minimum Gasteiger partial charge on any atom is -0.496 e. The highest BCUT2D eigenvalue weighted by molar-refractivity contribution is 5.33. The largest absolute Gasteiger partial charge is 0.496 e. The summed E-state index contributed by atoms with van der Waals surface area (Å²) in [5, 5.41) is 12.6. The second-order valence-electron chi connectivity index (χ2n) is 8.25. The molecule has 0 N–H and O–H groups in total. The zero-order chi connectivity index (χ0) is 22.3. The molecule has 4 rings (SSSR count). The first-order valence-corrected chi connectivity index (χ1v) is 11.3. The molecule has 0 bridgehead atoms. The van der Waals surface area contributed by atoms with Gasteiger partial charge in [0.05, 0.1) is 19.7 Å². The van der Waals surface area contributed by atoms with Crippen LogP contribution in [0.1, 0.15) is 42.8 Å². The number of hydrogen-bond acceptors (Lipinski definition) is 6. The summed E-state index contributed by atoms with van der Waals surface area (Å²) in [6.45, 7) is 7.51. The Kier molecular flexibility index (Phi) is 7.44. The SMILES string of the molecule is CCC[C@@H](c1nnnn1Cc1ccc(F)cc1)N1CCN(Cc2ccccc2OC)CC1. The lowest BCUT2D eigenvalue weighted by Gasteiger charge is -2.38. The van der Waals surface area contributed by atoms with E-state index in [0.29, 0.717) is 6.54 Å². The number of ether oxygens (including phenoxy) is 1. The highest BCUT2D eigenvalue weighted by atomic mass is 19.1. The van der Waals surface area contributed by atoms with Crippen molar-refractivity contribution in [2.24, 2.45) is 0 Å². The number of hydrogen-bond donors (Lipinski definition) is 0. The number of nitrogens with zero attached hydrogens (tertiary/aromatic N) is 6. The minimum absolute atomic E-state index is 0.170. The van der Waals surface area contributed by atoms with Gasteiger partial charge in [-0.2, -0.15) is 0 Å². The van der Waals surface area contributed by atoms with E-state index in [1.807, 2.05) is 16.8 Å². The van der Waals surface area contributed by atoms with Crippen LogP contribution in [0.3, 0.4) is 0 Å². The summed E-state index contributed by atoms with van der Waals surface area (Å²) in [4.78, 5) is 4.97. The number of rotatable bonds is 9. The van der Waals surface area contributed by atoms with E-state index in [0.717, 1.165) is 62.7 Å². The molecule has 32 heavy (non-hydrogen) atoms. The van der Waals surface area contributed by atoms with E-state index < -0.39 is 0 Å².